The van der Waals surface area contributed by atoms with Crippen molar-refractivity contribution in [3.63, 3.8) is 0 Å². The molecule has 1 aromatic heterocycles. The highest BCUT2D eigenvalue weighted by Gasteiger charge is 2.23. The number of carbonyl (C=O) groups is 1. The summed E-state index contributed by atoms with van der Waals surface area (Å²) in [4.78, 5) is 36.6. The van der Waals surface area contributed by atoms with E-state index in [1.54, 1.807) is 4.57 Å². The molecule has 0 spiro atoms. The van der Waals surface area contributed by atoms with E-state index in [4.69, 9.17) is 0 Å². The summed E-state index contributed by atoms with van der Waals surface area (Å²) in [6.45, 7) is 0. The van der Waals surface area contributed by atoms with E-state index in [0.717, 1.165) is 30.3 Å². The number of nitrogens with zero attached hydrogens (tertiary/aromatic N) is 2. The van der Waals surface area contributed by atoms with Crippen LogP contribution in [0.5, 0.6) is 0 Å². The van der Waals surface area contributed by atoms with Crippen molar-refractivity contribution in [1.29, 1.82) is 0 Å². The van der Waals surface area contributed by atoms with Crippen molar-refractivity contribution in [3.8, 4) is 0 Å². The second kappa shape index (κ2) is 7.05. The van der Waals surface area contributed by atoms with Crippen molar-refractivity contribution in [2.24, 2.45) is 7.05 Å². The molecule has 1 fully saturated rings. The molecule has 0 aliphatic heterocycles. The molecule has 1 aliphatic carbocycles. The van der Waals surface area contributed by atoms with Crippen molar-refractivity contribution in [2.45, 2.75) is 48.3 Å². The molecule has 5 nitrogen and oxygen atoms in total. The molecular formula is C14H18Br2N2O3. The first-order chi connectivity index (χ1) is 9.93. The number of rotatable bonds is 3. The van der Waals surface area contributed by atoms with Crippen LogP contribution in [-0.2, 0) is 7.05 Å². The maximum atomic E-state index is 12.3. The van der Waals surface area contributed by atoms with Crippen LogP contribution in [0, 0.1) is 0 Å². The Balaban J connectivity index is 2.53. The molecular weight excluding hydrogens is 404 g/mol. The Morgan fingerprint density at radius 2 is 1.76 bits per heavy atom. The largest absolute Gasteiger partial charge is 0.330 e. The summed E-state index contributed by atoms with van der Waals surface area (Å²) in [7, 11) is 1.42. The third-order valence-corrected chi connectivity index (χ3v) is 4.82. The molecule has 0 radical (unpaired) electrons. The lowest BCUT2D eigenvalue weighted by molar-refractivity contribution is 0.101. The lowest BCUT2D eigenvalue weighted by Gasteiger charge is -2.19. The third-order valence-electron chi connectivity index (χ3n) is 3.99. The van der Waals surface area contributed by atoms with Crippen LogP contribution < -0.4 is 11.2 Å². The van der Waals surface area contributed by atoms with Gasteiger partial charge >= 0.3 is 5.69 Å². The van der Waals surface area contributed by atoms with E-state index < -0.39 is 9.30 Å². The van der Waals surface area contributed by atoms with Gasteiger partial charge in [0.15, 0.2) is 5.78 Å². The van der Waals surface area contributed by atoms with Crippen molar-refractivity contribution >= 4 is 37.6 Å². The summed E-state index contributed by atoms with van der Waals surface area (Å²) in [5, 5.41) is 0. The van der Waals surface area contributed by atoms with Gasteiger partial charge in [-0.15, -0.1) is 0 Å². The summed E-state index contributed by atoms with van der Waals surface area (Å²) >= 11 is 6.24. The maximum Gasteiger partial charge on any atom is 0.330 e. The van der Waals surface area contributed by atoms with Gasteiger partial charge in [-0.05, 0) is 12.8 Å². The summed E-state index contributed by atoms with van der Waals surface area (Å²) in [6, 6.07) is 0.0717. The first-order valence-electron chi connectivity index (χ1n) is 7.08. The monoisotopic (exact) mass is 420 g/mol. The first-order valence-corrected chi connectivity index (χ1v) is 8.91. The van der Waals surface area contributed by atoms with E-state index in [2.05, 4.69) is 31.9 Å². The Labute approximate surface area is 139 Å². The van der Waals surface area contributed by atoms with Crippen molar-refractivity contribution < 1.29 is 4.79 Å². The van der Waals surface area contributed by atoms with E-state index in [-0.39, 0.29) is 23.1 Å². The highest BCUT2D eigenvalue weighted by molar-refractivity contribution is 9.25. The van der Waals surface area contributed by atoms with Crippen LogP contribution in [0.1, 0.15) is 54.9 Å². The summed E-state index contributed by atoms with van der Waals surface area (Å²) in [6.07, 6.45) is 7.76. The minimum absolute atomic E-state index is 0.0418. The average molecular weight is 422 g/mol. The number of carbonyl (C=O) groups excluding carboxylic acids is 1. The molecule has 1 aliphatic rings. The zero-order valence-electron chi connectivity index (χ0n) is 11.8. The Kier molecular flexibility index (Phi) is 5.60. The fourth-order valence-electron chi connectivity index (χ4n) is 2.77. The Morgan fingerprint density at radius 1 is 1.19 bits per heavy atom. The maximum absolute atomic E-state index is 12.3. The van der Waals surface area contributed by atoms with Gasteiger partial charge in [0.05, 0.1) is 0 Å². The van der Waals surface area contributed by atoms with Crippen LogP contribution in [0.15, 0.2) is 15.8 Å². The Hall–Kier alpha value is -0.690. The predicted octanol–water partition coefficient (Wildman–Crippen LogP) is 2.74. The SMILES string of the molecule is Cn1c(=O)c(C(=O)C(Br)Br)cn(C2CCCCCC2)c1=O. The molecule has 21 heavy (non-hydrogen) atoms. The topological polar surface area (TPSA) is 61.1 Å². The van der Waals surface area contributed by atoms with Gasteiger partial charge in [-0.2, -0.15) is 0 Å². The van der Waals surface area contributed by atoms with Crippen LogP contribution in [-0.4, -0.2) is 18.7 Å². The molecule has 0 aromatic carbocycles. The number of ketones is 1. The first kappa shape index (κ1) is 16.7. The molecule has 0 unspecified atom stereocenters. The van der Waals surface area contributed by atoms with Gasteiger partial charge in [-0.1, -0.05) is 57.5 Å². The van der Waals surface area contributed by atoms with Gasteiger partial charge in [0, 0.05) is 19.3 Å². The number of hydrogen-bond acceptors (Lipinski definition) is 3. The fourth-order valence-corrected chi connectivity index (χ4v) is 3.27. The quantitative estimate of drug-likeness (QED) is 0.428. The van der Waals surface area contributed by atoms with Crippen molar-refractivity contribution in [3.05, 3.63) is 32.6 Å². The standard InChI is InChI=1S/C14H18Br2N2O3/c1-17-13(20)10(11(19)12(15)16)8-18(14(17)21)9-6-4-2-3-5-7-9/h8-9,12H,2-7H2,1H3. The number of Topliss-reactive ketones (excluding diaryl/α,β-unsaturated/α-hetero) is 1. The van der Waals surface area contributed by atoms with Crippen LogP contribution >= 0.6 is 31.9 Å². The minimum Gasteiger partial charge on any atom is -0.297 e. The fraction of sp³-hybridized carbons (Fsp3) is 0.643. The molecule has 116 valence electrons. The minimum atomic E-state index is -0.627. The number of halogens is 2. The summed E-state index contributed by atoms with van der Waals surface area (Å²) < 4.78 is 1.97. The second-order valence-electron chi connectivity index (χ2n) is 5.41. The number of hydrogen-bond donors (Lipinski definition) is 0. The molecule has 0 amide bonds. The van der Waals surface area contributed by atoms with Crippen molar-refractivity contribution in [1.82, 2.24) is 9.13 Å². The zero-order valence-corrected chi connectivity index (χ0v) is 15.0. The molecule has 1 heterocycles. The predicted molar refractivity (Wildman–Crippen MR) is 88.7 cm³/mol. The molecule has 2 rings (SSSR count). The van der Waals surface area contributed by atoms with Gasteiger partial charge in [0.1, 0.15) is 9.30 Å². The van der Waals surface area contributed by atoms with E-state index in [9.17, 15) is 14.4 Å². The van der Waals surface area contributed by atoms with Crippen LogP contribution in [0.3, 0.4) is 0 Å². The van der Waals surface area contributed by atoms with E-state index in [1.807, 2.05) is 0 Å². The summed E-state index contributed by atoms with van der Waals surface area (Å²) in [5.41, 5.74) is -0.844. The van der Waals surface area contributed by atoms with Gasteiger partial charge < -0.3 is 0 Å². The Morgan fingerprint density at radius 3 is 2.29 bits per heavy atom. The van der Waals surface area contributed by atoms with Gasteiger partial charge in [-0.25, -0.2) is 4.79 Å². The molecule has 1 aromatic rings. The Bertz CT molecular complexity index is 641. The zero-order chi connectivity index (χ0) is 15.6. The lowest BCUT2D eigenvalue weighted by atomic mass is 10.1. The highest BCUT2D eigenvalue weighted by atomic mass is 79.9. The van der Waals surface area contributed by atoms with Crippen LogP contribution in [0.4, 0.5) is 0 Å². The second-order valence-corrected chi connectivity index (χ2v) is 8.47. The third kappa shape index (κ3) is 3.56. The van der Waals surface area contributed by atoms with Gasteiger partial charge in [0.2, 0.25) is 0 Å². The molecule has 0 bridgehead atoms. The smallest absolute Gasteiger partial charge is 0.297 e. The van der Waals surface area contributed by atoms with E-state index >= 15 is 0 Å². The highest BCUT2D eigenvalue weighted by Crippen LogP contribution is 2.26. The molecule has 1 saturated carbocycles. The number of aromatic nitrogens is 2. The van der Waals surface area contributed by atoms with Gasteiger partial charge in [0.25, 0.3) is 5.56 Å². The molecule has 0 N–H and O–H groups in total. The van der Waals surface area contributed by atoms with Gasteiger partial charge in [-0.3, -0.25) is 18.7 Å². The molecule has 0 atom stereocenters. The molecule has 0 saturated heterocycles. The van der Waals surface area contributed by atoms with E-state index in [0.29, 0.717) is 0 Å². The number of alkyl halides is 2. The van der Waals surface area contributed by atoms with Crippen LogP contribution in [0.25, 0.3) is 0 Å². The molecule has 7 heteroatoms. The average Bonchev–Trinajstić information content (AvgIpc) is 2.73. The van der Waals surface area contributed by atoms with E-state index in [1.165, 1.54) is 26.1 Å². The van der Waals surface area contributed by atoms with Crippen LogP contribution in [0.2, 0.25) is 0 Å². The van der Waals surface area contributed by atoms with Crippen molar-refractivity contribution in [2.75, 3.05) is 0 Å². The normalized spacial score (nSPS) is 17.0. The lowest BCUT2D eigenvalue weighted by Crippen LogP contribution is -2.42. The summed E-state index contributed by atoms with van der Waals surface area (Å²) in [5.74, 6) is -0.363.